The molecule has 0 unspecified atom stereocenters. The number of phenolic OH excluding ortho intramolecular Hbond substituents is 1. The van der Waals surface area contributed by atoms with E-state index in [0.29, 0.717) is 11.5 Å². The Hall–Kier alpha value is -2.37. The van der Waals surface area contributed by atoms with Crippen LogP contribution in [-0.2, 0) is 0 Å². The molecule has 0 bridgehead atoms. The number of aryl methyl sites for hydroxylation is 2. The van der Waals surface area contributed by atoms with Crippen LogP contribution < -0.4 is 5.32 Å². The summed E-state index contributed by atoms with van der Waals surface area (Å²) in [7, 11) is 0. The van der Waals surface area contributed by atoms with Crippen molar-refractivity contribution in [1.29, 1.82) is 0 Å². The summed E-state index contributed by atoms with van der Waals surface area (Å²) in [5.41, 5.74) is 1.25. The maximum absolute atomic E-state index is 11.7. The zero-order valence-corrected chi connectivity index (χ0v) is 9.48. The molecule has 0 aliphatic rings. The lowest BCUT2D eigenvalue weighted by atomic mass is 10.2. The minimum atomic E-state index is -0.419. The molecule has 6 nitrogen and oxygen atoms in total. The molecule has 0 atom stereocenters. The molecule has 0 saturated heterocycles. The quantitative estimate of drug-likeness (QED) is 0.729. The second kappa shape index (κ2) is 4.25. The summed E-state index contributed by atoms with van der Waals surface area (Å²) < 4.78 is 0. The molecule has 17 heavy (non-hydrogen) atoms. The Kier molecular flexibility index (Phi) is 2.78. The highest BCUT2D eigenvalue weighted by molar-refractivity contribution is 6.01. The van der Waals surface area contributed by atoms with E-state index in [4.69, 9.17) is 0 Å². The molecule has 6 heteroatoms. The fourth-order valence-electron chi connectivity index (χ4n) is 1.32. The maximum atomic E-state index is 11.7. The normalized spacial score (nSPS) is 10.2. The molecule has 0 spiro atoms. The standard InChI is InChI=1S/C11H12N4O2/c1-6-3-4-8(5-9(6)16)13-11(17)10-12-7(2)14-15-10/h3-5,16H,1-2H3,(H,13,17)(H,12,14,15). The van der Waals surface area contributed by atoms with Gasteiger partial charge in [-0.1, -0.05) is 6.07 Å². The highest BCUT2D eigenvalue weighted by Crippen LogP contribution is 2.20. The van der Waals surface area contributed by atoms with E-state index in [0.717, 1.165) is 5.56 Å². The monoisotopic (exact) mass is 232 g/mol. The highest BCUT2D eigenvalue weighted by atomic mass is 16.3. The summed E-state index contributed by atoms with van der Waals surface area (Å²) in [5, 5.41) is 18.4. The Labute approximate surface area is 97.7 Å². The van der Waals surface area contributed by atoms with Crippen molar-refractivity contribution >= 4 is 11.6 Å². The number of nitrogens with zero attached hydrogens (tertiary/aromatic N) is 2. The summed E-state index contributed by atoms with van der Waals surface area (Å²) >= 11 is 0. The van der Waals surface area contributed by atoms with E-state index >= 15 is 0 Å². The number of H-pyrrole nitrogens is 1. The van der Waals surface area contributed by atoms with Crippen molar-refractivity contribution in [1.82, 2.24) is 15.2 Å². The average Bonchev–Trinajstić information content (AvgIpc) is 2.70. The van der Waals surface area contributed by atoms with Crippen LogP contribution in [0.4, 0.5) is 5.69 Å². The van der Waals surface area contributed by atoms with E-state index in [2.05, 4.69) is 20.5 Å². The molecule has 1 amide bonds. The van der Waals surface area contributed by atoms with E-state index in [1.165, 1.54) is 6.07 Å². The van der Waals surface area contributed by atoms with Crippen molar-refractivity contribution in [2.45, 2.75) is 13.8 Å². The van der Waals surface area contributed by atoms with Crippen LogP contribution in [0.25, 0.3) is 0 Å². The minimum absolute atomic E-state index is 0.0718. The van der Waals surface area contributed by atoms with Crippen LogP contribution in [0.5, 0.6) is 5.75 Å². The average molecular weight is 232 g/mol. The summed E-state index contributed by atoms with van der Waals surface area (Å²) in [6.07, 6.45) is 0. The van der Waals surface area contributed by atoms with E-state index < -0.39 is 5.91 Å². The molecule has 0 saturated carbocycles. The van der Waals surface area contributed by atoms with Gasteiger partial charge in [-0.05, 0) is 25.5 Å². The van der Waals surface area contributed by atoms with Gasteiger partial charge < -0.3 is 10.4 Å². The lowest BCUT2D eigenvalue weighted by Gasteiger charge is -2.04. The zero-order valence-electron chi connectivity index (χ0n) is 9.48. The lowest BCUT2D eigenvalue weighted by molar-refractivity contribution is 0.101. The first kappa shape index (κ1) is 11.1. The summed E-state index contributed by atoms with van der Waals surface area (Å²) in [5.74, 6) is 0.357. The van der Waals surface area contributed by atoms with Crippen LogP contribution in [0.2, 0.25) is 0 Å². The Morgan fingerprint density at radius 1 is 1.41 bits per heavy atom. The first-order chi connectivity index (χ1) is 8.06. The van der Waals surface area contributed by atoms with Gasteiger partial charge in [0.05, 0.1) is 0 Å². The van der Waals surface area contributed by atoms with Gasteiger partial charge >= 0.3 is 0 Å². The molecule has 1 heterocycles. The van der Waals surface area contributed by atoms with Gasteiger partial charge in [-0.2, -0.15) is 0 Å². The SMILES string of the molecule is Cc1nc(C(=O)Nc2ccc(C)c(O)c2)n[nH]1. The Morgan fingerprint density at radius 3 is 2.76 bits per heavy atom. The molecule has 0 aliphatic heterocycles. The number of aromatic amines is 1. The van der Waals surface area contributed by atoms with Crippen LogP contribution in [0, 0.1) is 13.8 Å². The number of rotatable bonds is 2. The molecule has 0 fully saturated rings. The third kappa shape index (κ3) is 2.41. The van der Waals surface area contributed by atoms with Crippen LogP contribution in [0.3, 0.4) is 0 Å². The van der Waals surface area contributed by atoms with Crippen molar-refractivity contribution in [2.24, 2.45) is 0 Å². The van der Waals surface area contributed by atoms with Gasteiger partial charge in [0.25, 0.3) is 5.91 Å². The minimum Gasteiger partial charge on any atom is -0.508 e. The van der Waals surface area contributed by atoms with Crippen LogP contribution >= 0.6 is 0 Å². The number of nitrogens with one attached hydrogen (secondary N) is 2. The van der Waals surface area contributed by atoms with E-state index in [9.17, 15) is 9.90 Å². The third-order valence-corrected chi connectivity index (χ3v) is 2.27. The van der Waals surface area contributed by atoms with Crippen molar-refractivity contribution in [2.75, 3.05) is 5.32 Å². The van der Waals surface area contributed by atoms with Crippen molar-refractivity contribution in [3.63, 3.8) is 0 Å². The number of anilines is 1. The number of amides is 1. The molecule has 88 valence electrons. The lowest BCUT2D eigenvalue weighted by Crippen LogP contribution is -2.13. The molecule has 2 rings (SSSR count). The second-order valence-electron chi connectivity index (χ2n) is 3.70. The van der Waals surface area contributed by atoms with Crippen molar-refractivity contribution in [3.05, 3.63) is 35.4 Å². The molecule has 1 aromatic carbocycles. The highest BCUT2D eigenvalue weighted by Gasteiger charge is 2.11. The van der Waals surface area contributed by atoms with E-state index in [-0.39, 0.29) is 11.6 Å². The number of phenols is 1. The maximum Gasteiger partial charge on any atom is 0.295 e. The van der Waals surface area contributed by atoms with Gasteiger partial charge in [0.1, 0.15) is 11.6 Å². The first-order valence-corrected chi connectivity index (χ1v) is 5.06. The molecule has 0 aliphatic carbocycles. The van der Waals surface area contributed by atoms with Crippen LogP contribution in [0.1, 0.15) is 22.0 Å². The number of aromatic hydroxyl groups is 1. The summed E-state index contributed by atoms with van der Waals surface area (Å²) in [4.78, 5) is 15.6. The van der Waals surface area contributed by atoms with Gasteiger partial charge in [-0.15, -0.1) is 5.10 Å². The van der Waals surface area contributed by atoms with Crippen LogP contribution in [-0.4, -0.2) is 26.2 Å². The van der Waals surface area contributed by atoms with Gasteiger partial charge in [0, 0.05) is 11.8 Å². The molecule has 1 aromatic heterocycles. The number of hydrogen-bond donors (Lipinski definition) is 3. The van der Waals surface area contributed by atoms with E-state index in [1.54, 1.807) is 26.0 Å². The predicted octanol–water partition coefficient (Wildman–Crippen LogP) is 1.38. The number of hydrogen-bond acceptors (Lipinski definition) is 4. The molecular formula is C11H12N4O2. The first-order valence-electron chi connectivity index (χ1n) is 5.06. The fraction of sp³-hybridized carbons (Fsp3) is 0.182. The Bertz CT molecular complexity index is 562. The summed E-state index contributed by atoms with van der Waals surface area (Å²) in [6.45, 7) is 3.49. The Morgan fingerprint density at radius 2 is 2.18 bits per heavy atom. The molecule has 2 aromatic rings. The molecular weight excluding hydrogens is 220 g/mol. The van der Waals surface area contributed by atoms with Crippen molar-refractivity contribution < 1.29 is 9.90 Å². The number of benzene rings is 1. The van der Waals surface area contributed by atoms with Gasteiger partial charge in [-0.25, -0.2) is 4.98 Å². The molecule has 0 radical (unpaired) electrons. The number of aromatic nitrogens is 3. The van der Waals surface area contributed by atoms with Gasteiger partial charge in [0.2, 0.25) is 5.82 Å². The number of carbonyl (C=O) groups is 1. The van der Waals surface area contributed by atoms with Gasteiger partial charge in [0.15, 0.2) is 0 Å². The largest absolute Gasteiger partial charge is 0.508 e. The summed E-state index contributed by atoms with van der Waals surface area (Å²) in [6, 6.07) is 4.90. The van der Waals surface area contributed by atoms with E-state index in [1.807, 2.05) is 0 Å². The third-order valence-electron chi connectivity index (χ3n) is 2.27. The van der Waals surface area contributed by atoms with Gasteiger partial charge in [-0.3, -0.25) is 9.89 Å². The van der Waals surface area contributed by atoms with Crippen molar-refractivity contribution in [3.8, 4) is 5.75 Å². The zero-order chi connectivity index (χ0) is 12.4. The second-order valence-corrected chi connectivity index (χ2v) is 3.70. The topological polar surface area (TPSA) is 90.9 Å². The molecule has 3 N–H and O–H groups in total. The smallest absolute Gasteiger partial charge is 0.295 e. The Balaban J connectivity index is 2.15. The van der Waals surface area contributed by atoms with Crippen LogP contribution in [0.15, 0.2) is 18.2 Å². The number of carbonyl (C=O) groups excluding carboxylic acids is 1. The fourth-order valence-corrected chi connectivity index (χ4v) is 1.32. The predicted molar refractivity (Wildman–Crippen MR) is 61.9 cm³/mol.